The Morgan fingerprint density at radius 3 is 2.75 bits per heavy atom. The molecule has 1 aliphatic heterocycles. The van der Waals surface area contributed by atoms with Gasteiger partial charge in [0.1, 0.15) is 18.1 Å². The Morgan fingerprint density at radius 1 is 1.19 bits per heavy atom. The summed E-state index contributed by atoms with van der Waals surface area (Å²) >= 11 is 6.89. The summed E-state index contributed by atoms with van der Waals surface area (Å²) in [6.07, 6.45) is 6.34. The van der Waals surface area contributed by atoms with Gasteiger partial charge in [-0.05, 0) is 24.4 Å². The van der Waals surface area contributed by atoms with Crippen molar-refractivity contribution in [1.82, 2.24) is 24.3 Å². The van der Waals surface area contributed by atoms with Crippen LogP contribution in [0, 0.1) is 5.92 Å². The van der Waals surface area contributed by atoms with Gasteiger partial charge in [-0.3, -0.25) is 4.68 Å². The molecule has 8 nitrogen and oxygen atoms in total. The Labute approximate surface area is 217 Å². The number of halogens is 1. The van der Waals surface area contributed by atoms with Crippen molar-refractivity contribution in [2.75, 3.05) is 24.6 Å². The predicted molar refractivity (Wildman–Crippen MR) is 148 cm³/mol. The van der Waals surface area contributed by atoms with Crippen molar-refractivity contribution < 1.29 is 9.84 Å². The van der Waals surface area contributed by atoms with Crippen LogP contribution in [0.2, 0.25) is 30.7 Å². The molecule has 4 heterocycles. The zero-order valence-corrected chi connectivity index (χ0v) is 23.5. The molecule has 0 unspecified atom stereocenters. The summed E-state index contributed by atoms with van der Waals surface area (Å²) in [5, 5.41) is 16.5. The number of anilines is 1. The lowest BCUT2D eigenvalue weighted by Crippen LogP contribution is -2.43. The minimum absolute atomic E-state index is 0.290. The van der Waals surface area contributed by atoms with Gasteiger partial charge in [-0.25, -0.2) is 9.97 Å². The number of fused-ring (bicyclic) bond motifs is 2. The fraction of sp³-hybridized carbons (Fsp3) is 0.500. The minimum Gasteiger partial charge on any atom is -0.391 e. The van der Waals surface area contributed by atoms with Gasteiger partial charge in [0.2, 0.25) is 0 Å². The Balaban J connectivity index is 1.54. The summed E-state index contributed by atoms with van der Waals surface area (Å²) in [5.41, 5.74) is 4.21. The van der Waals surface area contributed by atoms with E-state index in [4.69, 9.17) is 26.3 Å². The number of benzene rings is 1. The highest BCUT2D eigenvalue weighted by atomic mass is 35.5. The first kappa shape index (κ1) is 25.2. The van der Waals surface area contributed by atoms with Crippen LogP contribution in [-0.2, 0) is 18.5 Å². The largest absolute Gasteiger partial charge is 0.391 e. The maximum atomic E-state index is 10.4. The molecule has 1 aromatic carbocycles. The molecular formula is C26H35ClN6O2Si. The molecule has 0 saturated carbocycles. The van der Waals surface area contributed by atoms with E-state index < -0.39 is 8.07 Å². The highest BCUT2D eigenvalue weighted by Gasteiger charge is 2.26. The molecule has 36 heavy (non-hydrogen) atoms. The monoisotopic (exact) mass is 526 g/mol. The van der Waals surface area contributed by atoms with E-state index >= 15 is 0 Å². The number of rotatable bonds is 7. The molecule has 1 fully saturated rings. The quantitative estimate of drug-likeness (QED) is 0.265. The lowest BCUT2D eigenvalue weighted by molar-refractivity contribution is 0.0898. The van der Waals surface area contributed by atoms with Crippen LogP contribution in [-0.4, -0.2) is 63.3 Å². The molecule has 0 spiro atoms. The van der Waals surface area contributed by atoms with Gasteiger partial charge >= 0.3 is 0 Å². The predicted octanol–water partition coefficient (Wildman–Crippen LogP) is 5.16. The van der Waals surface area contributed by atoms with Crippen LogP contribution in [0.5, 0.6) is 0 Å². The first-order chi connectivity index (χ1) is 17.1. The molecule has 4 aromatic rings. The Hall–Kier alpha value is -2.46. The third kappa shape index (κ3) is 5.02. The number of β-amino-alcohol motifs (C(OH)–C–C–N with tert-alkyl or cyclic N) is 1. The normalized spacial score (nSPS) is 19.0. The first-order valence-electron chi connectivity index (χ1n) is 12.6. The van der Waals surface area contributed by atoms with Crippen LogP contribution < -0.4 is 4.90 Å². The average Bonchev–Trinajstić information content (AvgIpc) is 3.38. The number of aryl methyl sites for hydroxylation is 1. The second-order valence-corrected chi connectivity index (χ2v) is 17.2. The van der Waals surface area contributed by atoms with Crippen LogP contribution >= 0.6 is 11.6 Å². The van der Waals surface area contributed by atoms with E-state index in [-0.39, 0.29) is 12.0 Å². The lowest BCUT2D eigenvalue weighted by Gasteiger charge is -2.34. The van der Waals surface area contributed by atoms with E-state index in [1.54, 1.807) is 10.9 Å². The van der Waals surface area contributed by atoms with E-state index in [9.17, 15) is 5.11 Å². The van der Waals surface area contributed by atoms with Gasteiger partial charge in [0.25, 0.3) is 0 Å². The zero-order valence-electron chi connectivity index (χ0n) is 21.7. The fourth-order valence-electron chi connectivity index (χ4n) is 4.67. The lowest BCUT2D eigenvalue weighted by atomic mass is 9.96. The van der Waals surface area contributed by atoms with Crippen molar-refractivity contribution in [2.24, 2.45) is 13.0 Å². The molecule has 10 heteroatoms. The second kappa shape index (κ2) is 9.78. The molecule has 0 radical (unpaired) electrons. The van der Waals surface area contributed by atoms with E-state index in [0.717, 1.165) is 64.6 Å². The number of hydrogen-bond acceptors (Lipinski definition) is 6. The molecule has 2 atom stereocenters. The third-order valence-electron chi connectivity index (χ3n) is 7.05. The Kier molecular flexibility index (Phi) is 6.84. The minimum atomic E-state index is -1.19. The molecule has 3 aromatic heterocycles. The highest BCUT2D eigenvalue weighted by Crippen LogP contribution is 2.38. The van der Waals surface area contributed by atoms with Crippen LogP contribution in [0.3, 0.4) is 0 Å². The van der Waals surface area contributed by atoms with Gasteiger partial charge in [0.05, 0.1) is 22.8 Å². The standard InChI is InChI=1S/C26H35ClN6O2Si/c1-17-8-9-32(15-22(17)34)23-12-28-25-19(18-6-7-21-20(24(18)27)13-31(2)30-21)14-33(26(25)29-23)16-35-10-11-36(3,4)5/h6-7,12-14,17,22,34H,8-11,15-16H2,1-5H3/t17-,22-/m0/s1. The number of ether oxygens (including phenoxy) is 1. The molecule has 0 aliphatic carbocycles. The van der Waals surface area contributed by atoms with Crippen LogP contribution in [0.1, 0.15) is 13.3 Å². The molecule has 0 bridgehead atoms. The van der Waals surface area contributed by atoms with Gasteiger partial charge in [0, 0.05) is 63.7 Å². The van der Waals surface area contributed by atoms with Gasteiger partial charge in [0.15, 0.2) is 5.65 Å². The molecule has 192 valence electrons. The highest BCUT2D eigenvalue weighted by molar-refractivity contribution is 6.76. The number of nitrogens with zero attached hydrogens (tertiary/aromatic N) is 6. The fourth-order valence-corrected chi connectivity index (χ4v) is 5.74. The van der Waals surface area contributed by atoms with Crippen molar-refractivity contribution in [2.45, 2.75) is 51.9 Å². The van der Waals surface area contributed by atoms with E-state index in [0.29, 0.717) is 18.3 Å². The van der Waals surface area contributed by atoms with Crippen molar-refractivity contribution in [1.29, 1.82) is 0 Å². The number of aliphatic hydroxyl groups excluding tert-OH is 1. The third-order valence-corrected chi connectivity index (χ3v) is 9.16. The maximum absolute atomic E-state index is 10.4. The first-order valence-corrected chi connectivity index (χ1v) is 16.7. The van der Waals surface area contributed by atoms with Crippen molar-refractivity contribution in [3.05, 3.63) is 35.7 Å². The molecule has 1 saturated heterocycles. The summed E-state index contributed by atoms with van der Waals surface area (Å²) in [6.45, 7) is 11.7. The molecule has 1 N–H and O–H groups in total. The molecule has 0 amide bonds. The smallest absolute Gasteiger partial charge is 0.163 e. The molecule has 5 rings (SSSR count). The van der Waals surface area contributed by atoms with Crippen LogP contribution in [0.15, 0.2) is 30.7 Å². The van der Waals surface area contributed by atoms with Crippen LogP contribution in [0.25, 0.3) is 33.2 Å². The summed E-state index contributed by atoms with van der Waals surface area (Å²) in [7, 11) is 0.704. The summed E-state index contributed by atoms with van der Waals surface area (Å²) in [5.74, 6) is 1.06. The van der Waals surface area contributed by atoms with E-state index in [2.05, 4.69) is 36.6 Å². The maximum Gasteiger partial charge on any atom is 0.163 e. The second-order valence-electron chi connectivity index (χ2n) is 11.2. The topological polar surface area (TPSA) is 81.2 Å². The van der Waals surface area contributed by atoms with Gasteiger partial charge in [-0.1, -0.05) is 44.2 Å². The Bertz CT molecular complexity index is 1390. The number of aliphatic hydroxyl groups is 1. The Morgan fingerprint density at radius 2 is 2.00 bits per heavy atom. The summed E-state index contributed by atoms with van der Waals surface area (Å²) < 4.78 is 9.90. The van der Waals surface area contributed by atoms with Gasteiger partial charge < -0.3 is 19.3 Å². The van der Waals surface area contributed by atoms with Gasteiger partial charge in [-0.2, -0.15) is 5.10 Å². The number of hydrogen-bond donors (Lipinski definition) is 1. The number of aromatic nitrogens is 5. The summed E-state index contributed by atoms with van der Waals surface area (Å²) in [6, 6.07) is 5.09. The van der Waals surface area contributed by atoms with Crippen molar-refractivity contribution >= 4 is 47.6 Å². The number of piperidine rings is 1. The zero-order chi connectivity index (χ0) is 25.6. The van der Waals surface area contributed by atoms with Crippen molar-refractivity contribution in [3.63, 3.8) is 0 Å². The van der Waals surface area contributed by atoms with E-state index in [1.807, 2.05) is 36.1 Å². The summed E-state index contributed by atoms with van der Waals surface area (Å²) in [4.78, 5) is 12.0. The average molecular weight is 527 g/mol. The van der Waals surface area contributed by atoms with E-state index in [1.165, 1.54) is 0 Å². The molecular weight excluding hydrogens is 492 g/mol. The van der Waals surface area contributed by atoms with Crippen LogP contribution in [0.4, 0.5) is 5.82 Å². The molecule has 1 aliphatic rings. The van der Waals surface area contributed by atoms with Crippen molar-refractivity contribution in [3.8, 4) is 11.1 Å². The van der Waals surface area contributed by atoms with Gasteiger partial charge in [-0.15, -0.1) is 0 Å². The SMILES string of the molecule is C[C@H]1CCN(c2cnc3c(-c4ccc5nn(C)cc5c4Cl)cn(COCC[Si](C)(C)C)c3n2)C[C@@H]1O.